The second-order valence-corrected chi connectivity index (χ2v) is 11.6. The fraction of sp³-hybridized carbons (Fsp3) is 0.970. The number of carbonyl (C=O) groups excluding carboxylic acids is 1. The van der Waals surface area contributed by atoms with Gasteiger partial charge in [0.2, 0.25) is 5.91 Å². The molecule has 0 aliphatic rings. The SMILES string of the molecule is CCCCCCCCCCCCCC(=O)NCCCN(CCCOCCCCCCCCCC)CC(O)CO. The van der Waals surface area contributed by atoms with Gasteiger partial charge in [0.15, 0.2) is 0 Å². The van der Waals surface area contributed by atoms with E-state index >= 15 is 0 Å². The van der Waals surface area contributed by atoms with Crippen molar-refractivity contribution in [3.05, 3.63) is 0 Å². The van der Waals surface area contributed by atoms with Gasteiger partial charge in [0.05, 0.1) is 12.7 Å². The summed E-state index contributed by atoms with van der Waals surface area (Å²) in [5.41, 5.74) is 0. The fourth-order valence-electron chi connectivity index (χ4n) is 5.05. The van der Waals surface area contributed by atoms with Crippen LogP contribution >= 0.6 is 0 Å². The Morgan fingerprint density at radius 3 is 1.67 bits per heavy atom. The lowest BCUT2D eigenvalue weighted by Crippen LogP contribution is -2.37. The number of hydrogen-bond donors (Lipinski definition) is 3. The maximum absolute atomic E-state index is 12.2. The number of nitrogens with zero attached hydrogens (tertiary/aromatic N) is 1. The number of aliphatic hydroxyl groups is 2. The van der Waals surface area contributed by atoms with E-state index in [4.69, 9.17) is 4.74 Å². The third-order valence-electron chi connectivity index (χ3n) is 7.57. The molecule has 0 bridgehead atoms. The molecule has 234 valence electrons. The van der Waals surface area contributed by atoms with Crippen LogP contribution in [0.4, 0.5) is 0 Å². The highest BCUT2D eigenvalue weighted by molar-refractivity contribution is 5.75. The van der Waals surface area contributed by atoms with Gasteiger partial charge in [-0.3, -0.25) is 4.79 Å². The van der Waals surface area contributed by atoms with Gasteiger partial charge in [-0.15, -0.1) is 0 Å². The van der Waals surface area contributed by atoms with Crippen molar-refractivity contribution in [1.82, 2.24) is 10.2 Å². The van der Waals surface area contributed by atoms with E-state index in [9.17, 15) is 15.0 Å². The molecule has 0 aromatic carbocycles. The van der Waals surface area contributed by atoms with E-state index in [0.717, 1.165) is 58.4 Å². The standard InChI is InChI=1S/C33H68N2O4/c1-3-5-7-9-11-13-14-15-16-18-20-24-33(38)34-25-22-26-35(30-32(37)31-36)27-23-29-39-28-21-19-17-12-10-8-6-4-2/h32,36-37H,3-31H2,1-2H3,(H,34,38). The molecule has 0 fully saturated rings. The van der Waals surface area contributed by atoms with Crippen LogP contribution in [0.1, 0.15) is 155 Å². The molecule has 0 rings (SSSR count). The molecular weight excluding hydrogens is 488 g/mol. The summed E-state index contributed by atoms with van der Waals surface area (Å²) in [7, 11) is 0. The lowest BCUT2D eigenvalue weighted by atomic mass is 10.1. The zero-order chi connectivity index (χ0) is 28.7. The average molecular weight is 557 g/mol. The van der Waals surface area contributed by atoms with Gasteiger partial charge < -0.3 is 25.2 Å². The number of ether oxygens (including phenoxy) is 1. The van der Waals surface area contributed by atoms with Gasteiger partial charge in [-0.05, 0) is 32.2 Å². The minimum Gasteiger partial charge on any atom is -0.394 e. The van der Waals surface area contributed by atoms with Crippen molar-refractivity contribution in [2.45, 2.75) is 161 Å². The average Bonchev–Trinajstić information content (AvgIpc) is 2.94. The predicted octanol–water partition coefficient (Wildman–Crippen LogP) is 7.40. The van der Waals surface area contributed by atoms with Crippen LogP contribution in [0.15, 0.2) is 0 Å². The van der Waals surface area contributed by atoms with Crippen molar-refractivity contribution in [3.63, 3.8) is 0 Å². The molecule has 1 unspecified atom stereocenters. The summed E-state index contributed by atoms with van der Waals surface area (Å²) in [6.07, 6.45) is 26.4. The van der Waals surface area contributed by atoms with Crippen molar-refractivity contribution in [2.75, 3.05) is 46.0 Å². The molecule has 0 saturated carbocycles. The number of nitrogens with one attached hydrogen (secondary N) is 1. The van der Waals surface area contributed by atoms with E-state index in [-0.39, 0.29) is 12.5 Å². The molecule has 0 heterocycles. The van der Waals surface area contributed by atoms with Crippen LogP contribution in [0, 0.1) is 0 Å². The number of unbranched alkanes of at least 4 members (excludes halogenated alkanes) is 17. The van der Waals surface area contributed by atoms with Crippen LogP contribution < -0.4 is 5.32 Å². The van der Waals surface area contributed by atoms with Crippen molar-refractivity contribution in [2.24, 2.45) is 0 Å². The Bertz CT molecular complexity index is 492. The topological polar surface area (TPSA) is 82.0 Å². The molecule has 0 aromatic rings. The third-order valence-corrected chi connectivity index (χ3v) is 7.57. The zero-order valence-electron chi connectivity index (χ0n) is 26.2. The largest absolute Gasteiger partial charge is 0.394 e. The van der Waals surface area contributed by atoms with Gasteiger partial charge in [0, 0.05) is 39.3 Å². The molecular formula is C33H68N2O4. The normalized spacial score (nSPS) is 12.3. The molecule has 6 heteroatoms. The minimum atomic E-state index is -0.723. The third kappa shape index (κ3) is 30.1. The second-order valence-electron chi connectivity index (χ2n) is 11.6. The molecule has 0 aromatic heterocycles. The number of carbonyl (C=O) groups is 1. The maximum Gasteiger partial charge on any atom is 0.219 e. The predicted molar refractivity (Wildman–Crippen MR) is 166 cm³/mol. The van der Waals surface area contributed by atoms with Crippen molar-refractivity contribution in [3.8, 4) is 0 Å². The van der Waals surface area contributed by atoms with Crippen LogP contribution in [0.3, 0.4) is 0 Å². The van der Waals surface area contributed by atoms with Gasteiger partial charge in [0.25, 0.3) is 0 Å². The fourth-order valence-corrected chi connectivity index (χ4v) is 5.05. The van der Waals surface area contributed by atoms with Crippen LogP contribution in [0.2, 0.25) is 0 Å². The van der Waals surface area contributed by atoms with Crippen molar-refractivity contribution in [1.29, 1.82) is 0 Å². The zero-order valence-corrected chi connectivity index (χ0v) is 26.2. The Morgan fingerprint density at radius 2 is 1.13 bits per heavy atom. The molecule has 0 radical (unpaired) electrons. The molecule has 3 N–H and O–H groups in total. The number of rotatable bonds is 32. The summed E-state index contributed by atoms with van der Waals surface area (Å²) in [5.74, 6) is 0.155. The van der Waals surface area contributed by atoms with E-state index < -0.39 is 6.10 Å². The van der Waals surface area contributed by atoms with Gasteiger partial charge in [0.1, 0.15) is 0 Å². The van der Waals surface area contributed by atoms with E-state index in [1.54, 1.807) is 0 Å². The van der Waals surface area contributed by atoms with Gasteiger partial charge in [-0.25, -0.2) is 0 Å². The monoisotopic (exact) mass is 557 g/mol. The number of aliphatic hydroxyl groups excluding tert-OH is 2. The Kier molecular flexibility index (Phi) is 31.3. The van der Waals surface area contributed by atoms with Crippen molar-refractivity contribution < 1.29 is 19.7 Å². The second kappa shape index (κ2) is 31.8. The maximum atomic E-state index is 12.2. The molecule has 0 spiro atoms. The van der Waals surface area contributed by atoms with E-state index in [2.05, 4.69) is 24.1 Å². The molecule has 1 amide bonds. The summed E-state index contributed by atoms with van der Waals surface area (Å²) in [5, 5.41) is 22.2. The van der Waals surface area contributed by atoms with Gasteiger partial charge >= 0.3 is 0 Å². The lowest BCUT2D eigenvalue weighted by molar-refractivity contribution is -0.121. The first kappa shape index (κ1) is 38.3. The van der Waals surface area contributed by atoms with Crippen molar-refractivity contribution >= 4 is 5.91 Å². The van der Waals surface area contributed by atoms with E-state index in [1.807, 2.05) is 0 Å². The van der Waals surface area contributed by atoms with Crippen LogP contribution in [-0.4, -0.2) is 73.1 Å². The summed E-state index contributed by atoms with van der Waals surface area (Å²) in [4.78, 5) is 14.3. The smallest absolute Gasteiger partial charge is 0.219 e. The van der Waals surface area contributed by atoms with Crippen LogP contribution in [0.25, 0.3) is 0 Å². The van der Waals surface area contributed by atoms with Gasteiger partial charge in [-0.2, -0.15) is 0 Å². The molecule has 0 aliphatic carbocycles. The summed E-state index contributed by atoms with van der Waals surface area (Å²) < 4.78 is 5.81. The molecule has 1 atom stereocenters. The number of amides is 1. The highest BCUT2D eigenvalue weighted by atomic mass is 16.5. The molecule has 0 aliphatic heterocycles. The minimum absolute atomic E-state index is 0.155. The van der Waals surface area contributed by atoms with E-state index in [1.165, 1.54) is 103 Å². The molecule has 6 nitrogen and oxygen atoms in total. The molecule has 0 saturated heterocycles. The Hall–Kier alpha value is -0.690. The first-order valence-corrected chi connectivity index (χ1v) is 17.0. The Morgan fingerprint density at radius 1 is 0.667 bits per heavy atom. The number of hydrogen-bond acceptors (Lipinski definition) is 5. The summed E-state index contributed by atoms with van der Waals surface area (Å²) in [6, 6.07) is 0. The Balaban J connectivity index is 3.71. The summed E-state index contributed by atoms with van der Waals surface area (Å²) in [6.45, 7) is 8.62. The Labute approximate surface area is 243 Å². The van der Waals surface area contributed by atoms with Gasteiger partial charge in [-0.1, -0.05) is 123 Å². The van der Waals surface area contributed by atoms with E-state index in [0.29, 0.717) is 19.5 Å². The molecule has 39 heavy (non-hydrogen) atoms. The lowest BCUT2D eigenvalue weighted by Gasteiger charge is -2.24. The quantitative estimate of drug-likeness (QED) is 0.0752. The summed E-state index contributed by atoms with van der Waals surface area (Å²) >= 11 is 0. The first-order valence-electron chi connectivity index (χ1n) is 17.0. The van der Waals surface area contributed by atoms with Crippen LogP contribution in [-0.2, 0) is 9.53 Å². The highest BCUT2D eigenvalue weighted by Gasteiger charge is 2.11. The highest BCUT2D eigenvalue weighted by Crippen LogP contribution is 2.12. The first-order chi connectivity index (χ1) is 19.1. The van der Waals surface area contributed by atoms with Crippen LogP contribution in [0.5, 0.6) is 0 Å².